The number of carbonyl (C=O) groups excluding carboxylic acids is 1. The van der Waals surface area contributed by atoms with Crippen LogP contribution in [-0.2, 0) is 9.53 Å². The van der Waals surface area contributed by atoms with Crippen molar-refractivity contribution in [3.8, 4) is 0 Å². The molecule has 2 heteroatoms. The van der Waals surface area contributed by atoms with Gasteiger partial charge >= 0.3 is 0 Å². The quantitative estimate of drug-likeness (QED) is 0.317. The van der Waals surface area contributed by atoms with E-state index in [1.165, 1.54) is 63.4 Å². The van der Waals surface area contributed by atoms with Gasteiger partial charge in [0.25, 0.3) is 6.47 Å². The summed E-state index contributed by atoms with van der Waals surface area (Å²) in [6.07, 6.45) is 13.4. The molecule has 5 fully saturated rings. The Labute approximate surface area is 203 Å². The number of rotatable bonds is 3. The van der Waals surface area contributed by atoms with Gasteiger partial charge in [0.2, 0.25) is 0 Å². The third-order valence-electron chi connectivity index (χ3n) is 13.6. The molecule has 0 aromatic rings. The predicted molar refractivity (Wildman–Crippen MR) is 136 cm³/mol. The van der Waals surface area contributed by atoms with E-state index in [1.54, 1.807) is 0 Å². The lowest BCUT2D eigenvalue weighted by Gasteiger charge is -2.73. The lowest BCUT2D eigenvalue weighted by atomic mass is 9.32. The molecule has 2 nitrogen and oxygen atoms in total. The first kappa shape index (κ1) is 23.9. The van der Waals surface area contributed by atoms with E-state index in [0.717, 1.165) is 30.1 Å². The number of fused-ring (bicyclic) bond motifs is 7. The van der Waals surface area contributed by atoms with Gasteiger partial charge in [0.1, 0.15) is 6.10 Å². The highest BCUT2D eigenvalue weighted by molar-refractivity contribution is 5.38. The van der Waals surface area contributed by atoms with Crippen LogP contribution in [0.25, 0.3) is 0 Å². The van der Waals surface area contributed by atoms with Crippen molar-refractivity contribution < 1.29 is 9.53 Å². The van der Waals surface area contributed by atoms with Gasteiger partial charge in [-0.2, -0.15) is 0 Å². The largest absolute Gasteiger partial charge is 0.464 e. The standard InChI is InChI=1S/C31H50O2/c1-20(2)21-11-14-28(5)17-18-30(7)22(26(21)28)9-10-24-29(6)15-13-25(33-19-32)27(3,4)23(29)12-16-31(24,30)8/h19,21-26H,1,9-18H2,2-8H3/t21-,22+,23-,24+,25-,26+,28+,29-,30+,31+/m0/s1. The number of carbonyl (C=O) groups is 1. The first-order valence-corrected chi connectivity index (χ1v) is 14.1. The maximum absolute atomic E-state index is 11.2. The molecule has 0 bridgehead atoms. The highest BCUT2D eigenvalue weighted by atomic mass is 16.5. The fourth-order valence-electron chi connectivity index (χ4n) is 11.8. The van der Waals surface area contributed by atoms with Crippen LogP contribution < -0.4 is 0 Å². The summed E-state index contributed by atoms with van der Waals surface area (Å²) in [5.41, 5.74) is 3.26. The topological polar surface area (TPSA) is 26.3 Å². The lowest BCUT2D eigenvalue weighted by Crippen LogP contribution is -2.66. The van der Waals surface area contributed by atoms with Crippen molar-refractivity contribution in [3.63, 3.8) is 0 Å². The van der Waals surface area contributed by atoms with E-state index in [2.05, 4.69) is 55.0 Å². The second kappa shape index (κ2) is 7.36. The van der Waals surface area contributed by atoms with Crippen LogP contribution >= 0.6 is 0 Å². The second-order valence-electron chi connectivity index (χ2n) is 14.9. The van der Waals surface area contributed by atoms with Crippen LogP contribution in [0.5, 0.6) is 0 Å². The van der Waals surface area contributed by atoms with Gasteiger partial charge in [0, 0.05) is 5.41 Å². The van der Waals surface area contributed by atoms with E-state index in [-0.39, 0.29) is 11.5 Å². The normalized spacial score (nSPS) is 54.9. The Kier molecular flexibility index (Phi) is 5.34. The van der Waals surface area contributed by atoms with E-state index in [0.29, 0.717) is 34.1 Å². The van der Waals surface area contributed by atoms with Gasteiger partial charge in [-0.15, -0.1) is 0 Å². The molecule has 0 aromatic carbocycles. The SMILES string of the molecule is C=C(C)[C@@H]1CC[C@]2(C)CC[C@]3(C)[C@H](CC[C@@H]4[C@@]5(C)CC[C@H](OC=O)C(C)(C)[C@@H]5CC[C@]43C)[C@@H]12. The van der Waals surface area contributed by atoms with Gasteiger partial charge in [-0.3, -0.25) is 4.79 Å². The third kappa shape index (κ3) is 2.94. The number of allylic oxidation sites excluding steroid dienone is 1. The Morgan fingerprint density at radius 2 is 1.55 bits per heavy atom. The van der Waals surface area contributed by atoms with Gasteiger partial charge in [-0.1, -0.05) is 53.7 Å². The third-order valence-corrected chi connectivity index (χ3v) is 13.6. The van der Waals surface area contributed by atoms with Gasteiger partial charge in [-0.05, 0) is 122 Å². The Morgan fingerprint density at radius 1 is 0.818 bits per heavy atom. The number of hydrogen-bond acceptors (Lipinski definition) is 2. The average Bonchev–Trinajstić information content (AvgIpc) is 3.09. The monoisotopic (exact) mass is 454 g/mol. The van der Waals surface area contributed by atoms with Crippen molar-refractivity contribution in [1.82, 2.24) is 0 Å². The molecule has 10 atom stereocenters. The molecule has 0 unspecified atom stereocenters. The summed E-state index contributed by atoms with van der Waals surface area (Å²) in [4.78, 5) is 11.2. The van der Waals surface area contributed by atoms with E-state index in [9.17, 15) is 4.79 Å². The summed E-state index contributed by atoms with van der Waals surface area (Å²) in [6.45, 7) is 23.0. The van der Waals surface area contributed by atoms with Crippen LogP contribution in [0.3, 0.4) is 0 Å². The van der Waals surface area contributed by atoms with Crippen molar-refractivity contribution in [2.24, 2.45) is 56.7 Å². The molecule has 33 heavy (non-hydrogen) atoms. The Balaban J connectivity index is 1.51. The van der Waals surface area contributed by atoms with E-state index < -0.39 is 0 Å². The van der Waals surface area contributed by atoms with Crippen LogP contribution in [0.1, 0.15) is 113 Å². The number of hydrogen-bond donors (Lipinski definition) is 0. The van der Waals surface area contributed by atoms with E-state index in [4.69, 9.17) is 4.74 Å². The summed E-state index contributed by atoms with van der Waals surface area (Å²) in [5, 5.41) is 0. The zero-order valence-corrected chi connectivity index (χ0v) is 22.6. The molecule has 186 valence electrons. The Bertz CT molecular complexity index is 829. The molecule has 5 rings (SSSR count). The minimum absolute atomic E-state index is 0.0641. The van der Waals surface area contributed by atoms with Gasteiger partial charge < -0.3 is 4.74 Å². The number of ether oxygens (including phenoxy) is 1. The zero-order chi connectivity index (χ0) is 24.0. The maximum Gasteiger partial charge on any atom is 0.293 e. The van der Waals surface area contributed by atoms with Crippen molar-refractivity contribution in [1.29, 1.82) is 0 Å². The molecular formula is C31H50O2. The van der Waals surface area contributed by atoms with Gasteiger partial charge in [0.15, 0.2) is 0 Å². The summed E-state index contributed by atoms with van der Waals surface area (Å²) in [6, 6.07) is 0. The van der Waals surface area contributed by atoms with Crippen LogP contribution in [-0.4, -0.2) is 12.6 Å². The molecule has 5 aliphatic carbocycles. The highest BCUT2D eigenvalue weighted by Gasteiger charge is 2.70. The molecule has 0 radical (unpaired) electrons. The van der Waals surface area contributed by atoms with E-state index >= 15 is 0 Å². The average molecular weight is 455 g/mol. The Morgan fingerprint density at radius 3 is 2.21 bits per heavy atom. The van der Waals surface area contributed by atoms with Crippen LogP contribution in [0.4, 0.5) is 0 Å². The molecule has 5 saturated carbocycles. The maximum atomic E-state index is 11.2. The molecule has 0 aromatic heterocycles. The second-order valence-corrected chi connectivity index (χ2v) is 14.9. The summed E-state index contributed by atoms with van der Waals surface area (Å²) in [5.74, 6) is 3.86. The van der Waals surface area contributed by atoms with Crippen molar-refractivity contribution in [2.75, 3.05) is 0 Å². The smallest absolute Gasteiger partial charge is 0.293 e. The highest BCUT2D eigenvalue weighted by Crippen LogP contribution is 2.77. The molecule has 5 aliphatic rings. The van der Waals surface area contributed by atoms with Crippen molar-refractivity contribution >= 4 is 6.47 Å². The summed E-state index contributed by atoms with van der Waals surface area (Å²) in [7, 11) is 0. The fraction of sp³-hybridized carbons (Fsp3) is 0.903. The van der Waals surface area contributed by atoms with Gasteiger partial charge in [0.05, 0.1) is 0 Å². The predicted octanol–water partition coefficient (Wildman–Crippen LogP) is 8.21. The first-order chi connectivity index (χ1) is 15.3. The van der Waals surface area contributed by atoms with Crippen molar-refractivity contribution in [3.05, 3.63) is 12.2 Å². The fourth-order valence-corrected chi connectivity index (χ4v) is 11.8. The minimum Gasteiger partial charge on any atom is -0.464 e. The molecule has 0 amide bonds. The zero-order valence-electron chi connectivity index (χ0n) is 22.6. The van der Waals surface area contributed by atoms with Crippen LogP contribution in [0.15, 0.2) is 12.2 Å². The van der Waals surface area contributed by atoms with Crippen molar-refractivity contribution in [2.45, 2.75) is 119 Å². The first-order valence-electron chi connectivity index (χ1n) is 14.1. The van der Waals surface area contributed by atoms with E-state index in [1.807, 2.05) is 0 Å². The lowest BCUT2D eigenvalue weighted by molar-refractivity contribution is -0.247. The summed E-state index contributed by atoms with van der Waals surface area (Å²) < 4.78 is 5.66. The molecule has 0 saturated heterocycles. The minimum atomic E-state index is 0.0641. The molecule has 0 aliphatic heterocycles. The van der Waals surface area contributed by atoms with Gasteiger partial charge in [-0.25, -0.2) is 0 Å². The molecular weight excluding hydrogens is 404 g/mol. The van der Waals surface area contributed by atoms with Crippen LogP contribution in [0.2, 0.25) is 0 Å². The molecule has 0 heterocycles. The molecule has 0 spiro atoms. The molecule has 0 N–H and O–H groups in total. The van der Waals surface area contributed by atoms with Crippen LogP contribution in [0, 0.1) is 56.7 Å². The summed E-state index contributed by atoms with van der Waals surface area (Å²) >= 11 is 0. The Hall–Kier alpha value is -0.790.